The largest absolute Gasteiger partial charge is 0.375 e. The average molecular weight is 310 g/mol. The first-order chi connectivity index (χ1) is 9.65. The number of rotatable bonds is 2. The highest BCUT2D eigenvalue weighted by molar-refractivity contribution is 7.19. The molecule has 0 atom stereocenters. The van der Waals surface area contributed by atoms with Gasteiger partial charge in [0.05, 0.1) is 10.6 Å². The van der Waals surface area contributed by atoms with E-state index in [1.807, 2.05) is 0 Å². The third kappa shape index (κ3) is 2.48. The first-order valence-corrected chi connectivity index (χ1v) is 7.52. The molecule has 7 heteroatoms. The number of nitrogens with zero attached hydrogens (tertiary/aromatic N) is 2. The second kappa shape index (κ2) is 5.38. The summed E-state index contributed by atoms with van der Waals surface area (Å²) in [5, 5.41) is 16.3. The fourth-order valence-electron chi connectivity index (χ4n) is 2.19. The van der Waals surface area contributed by atoms with Crippen molar-refractivity contribution < 1.29 is 4.92 Å². The van der Waals surface area contributed by atoms with Gasteiger partial charge in [-0.3, -0.25) is 10.1 Å². The monoisotopic (exact) mass is 309 g/mol. The molecule has 0 aliphatic carbocycles. The maximum absolute atomic E-state index is 10.9. The van der Waals surface area contributed by atoms with Crippen molar-refractivity contribution in [3.05, 3.63) is 39.0 Å². The van der Waals surface area contributed by atoms with Crippen molar-refractivity contribution in [3.63, 3.8) is 0 Å². The van der Waals surface area contributed by atoms with Gasteiger partial charge in [-0.1, -0.05) is 22.9 Å². The van der Waals surface area contributed by atoms with Crippen LogP contribution in [0.3, 0.4) is 0 Å². The predicted molar refractivity (Wildman–Crippen MR) is 80.6 cm³/mol. The molecular formula is C13H12ClN3O2S. The first-order valence-electron chi connectivity index (χ1n) is 6.33. The lowest BCUT2D eigenvalue weighted by Gasteiger charge is -1.99. The molecule has 1 aliphatic heterocycles. The zero-order valence-electron chi connectivity index (χ0n) is 10.6. The van der Waals surface area contributed by atoms with Gasteiger partial charge in [-0.15, -0.1) is 0 Å². The Balaban J connectivity index is 2.01. The molecule has 5 nitrogen and oxygen atoms in total. The summed E-state index contributed by atoms with van der Waals surface area (Å²) < 4.78 is 0. The van der Waals surface area contributed by atoms with Crippen molar-refractivity contribution >= 4 is 33.6 Å². The summed E-state index contributed by atoms with van der Waals surface area (Å²) in [5.41, 5.74) is 1.71. The third-order valence-corrected chi connectivity index (χ3v) is 4.64. The molecule has 20 heavy (non-hydrogen) atoms. The van der Waals surface area contributed by atoms with Gasteiger partial charge in [0, 0.05) is 18.2 Å². The molecule has 0 unspecified atom stereocenters. The maximum atomic E-state index is 10.9. The number of nitro benzene ring substituents is 1. The number of hydrogen-bond donors (Lipinski definition) is 1. The van der Waals surface area contributed by atoms with E-state index in [1.54, 1.807) is 23.5 Å². The van der Waals surface area contributed by atoms with Gasteiger partial charge in [0.25, 0.3) is 5.69 Å². The summed E-state index contributed by atoms with van der Waals surface area (Å²) in [4.78, 5) is 15.1. The summed E-state index contributed by atoms with van der Waals surface area (Å²) in [5.74, 6) is 0. The SMILES string of the molecule is O=[N+]([O-])c1cc(-c2nc3c(s2)NCCCC3)ccc1Cl. The van der Waals surface area contributed by atoms with Crippen LogP contribution in [0.2, 0.25) is 5.02 Å². The predicted octanol–water partition coefficient (Wildman–Crippen LogP) is 4.12. The minimum Gasteiger partial charge on any atom is -0.375 e. The molecule has 0 saturated carbocycles. The second-order valence-electron chi connectivity index (χ2n) is 4.60. The Bertz CT molecular complexity index is 648. The minimum absolute atomic E-state index is 0.0810. The number of halogens is 1. The van der Waals surface area contributed by atoms with Crippen LogP contribution in [0.1, 0.15) is 18.5 Å². The van der Waals surface area contributed by atoms with Crippen LogP contribution >= 0.6 is 22.9 Å². The van der Waals surface area contributed by atoms with Crippen LogP contribution in [0.15, 0.2) is 18.2 Å². The summed E-state index contributed by atoms with van der Waals surface area (Å²) in [6.07, 6.45) is 3.21. The Morgan fingerprint density at radius 1 is 1.40 bits per heavy atom. The van der Waals surface area contributed by atoms with Gasteiger partial charge in [-0.05, 0) is 31.4 Å². The fraction of sp³-hybridized carbons (Fsp3) is 0.308. The van der Waals surface area contributed by atoms with E-state index >= 15 is 0 Å². The molecule has 2 heterocycles. The highest BCUT2D eigenvalue weighted by Gasteiger charge is 2.18. The zero-order valence-corrected chi connectivity index (χ0v) is 12.1. The van der Waals surface area contributed by atoms with Gasteiger partial charge in [0.1, 0.15) is 15.0 Å². The normalized spacial score (nSPS) is 14.2. The van der Waals surface area contributed by atoms with Gasteiger partial charge in [-0.2, -0.15) is 0 Å². The highest BCUT2D eigenvalue weighted by Crippen LogP contribution is 2.37. The molecule has 1 aliphatic rings. The van der Waals surface area contributed by atoms with E-state index in [9.17, 15) is 10.1 Å². The lowest BCUT2D eigenvalue weighted by atomic mass is 10.2. The molecule has 104 valence electrons. The first kappa shape index (κ1) is 13.3. The minimum atomic E-state index is -0.470. The molecule has 1 aromatic heterocycles. The van der Waals surface area contributed by atoms with Crippen LogP contribution in [0.25, 0.3) is 10.6 Å². The van der Waals surface area contributed by atoms with Crippen LogP contribution in [0.4, 0.5) is 10.7 Å². The number of benzene rings is 1. The Kier molecular flexibility index (Phi) is 3.58. The molecule has 1 N–H and O–H groups in total. The van der Waals surface area contributed by atoms with Crippen molar-refractivity contribution in [3.8, 4) is 10.6 Å². The van der Waals surface area contributed by atoms with E-state index in [1.165, 1.54) is 6.07 Å². The Labute approximate surface area is 124 Å². The fourth-order valence-corrected chi connectivity index (χ4v) is 3.41. The number of aryl methyl sites for hydroxylation is 1. The van der Waals surface area contributed by atoms with Gasteiger partial charge >= 0.3 is 0 Å². The van der Waals surface area contributed by atoms with E-state index in [2.05, 4.69) is 10.3 Å². The van der Waals surface area contributed by atoms with E-state index in [0.717, 1.165) is 47.1 Å². The van der Waals surface area contributed by atoms with Gasteiger partial charge in [0.2, 0.25) is 0 Å². The van der Waals surface area contributed by atoms with Crippen LogP contribution in [0, 0.1) is 10.1 Å². The van der Waals surface area contributed by atoms with Crippen molar-refractivity contribution in [2.75, 3.05) is 11.9 Å². The van der Waals surface area contributed by atoms with Crippen molar-refractivity contribution in [1.82, 2.24) is 4.98 Å². The number of thiazole rings is 1. The molecule has 3 rings (SSSR count). The Hall–Kier alpha value is -1.66. The molecule has 0 spiro atoms. The summed E-state index contributed by atoms with van der Waals surface area (Å²) >= 11 is 7.37. The van der Waals surface area contributed by atoms with Crippen molar-refractivity contribution in [2.45, 2.75) is 19.3 Å². The smallest absolute Gasteiger partial charge is 0.288 e. The number of anilines is 1. The number of nitrogens with one attached hydrogen (secondary N) is 1. The van der Waals surface area contributed by atoms with Crippen molar-refractivity contribution in [2.24, 2.45) is 0 Å². The topological polar surface area (TPSA) is 68.1 Å². The Morgan fingerprint density at radius 3 is 3.05 bits per heavy atom. The molecular weight excluding hydrogens is 298 g/mol. The molecule has 2 aromatic rings. The van der Waals surface area contributed by atoms with Crippen LogP contribution < -0.4 is 5.32 Å². The highest BCUT2D eigenvalue weighted by atomic mass is 35.5. The number of aromatic nitrogens is 1. The third-order valence-electron chi connectivity index (χ3n) is 3.21. The maximum Gasteiger partial charge on any atom is 0.288 e. The van der Waals surface area contributed by atoms with Crippen LogP contribution in [-0.2, 0) is 6.42 Å². The molecule has 0 radical (unpaired) electrons. The van der Waals surface area contributed by atoms with E-state index in [-0.39, 0.29) is 10.7 Å². The van der Waals surface area contributed by atoms with Gasteiger partial charge in [-0.25, -0.2) is 4.98 Å². The van der Waals surface area contributed by atoms with Crippen LogP contribution in [0.5, 0.6) is 0 Å². The van der Waals surface area contributed by atoms with Crippen molar-refractivity contribution in [1.29, 1.82) is 0 Å². The van der Waals surface area contributed by atoms with Gasteiger partial charge < -0.3 is 5.32 Å². The van der Waals surface area contributed by atoms with Crippen LogP contribution in [-0.4, -0.2) is 16.5 Å². The molecule has 0 amide bonds. The number of hydrogen-bond acceptors (Lipinski definition) is 5. The lowest BCUT2D eigenvalue weighted by Crippen LogP contribution is -1.96. The molecule has 0 saturated heterocycles. The second-order valence-corrected chi connectivity index (χ2v) is 6.01. The van der Waals surface area contributed by atoms with E-state index in [0.29, 0.717) is 0 Å². The number of nitro groups is 1. The average Bonchev–Trinajstić information content (AvgIpc) is 2.70. The molecule has 1 aromatic carbocycles. The molecule has 0 fully saturated rings. The summed E-state index contributed by atoms with van der Waals surface area (Å²) in [6, 6.07) is 4.81. The summed E-state index contributed by atoms with van der Waals surface area (Å²) in [7, 11) is 0. The number of fused-ring (bicyclic) bond motifs is 1. The van der Waals surface area contributed by atoms with E-state index in [4.69, 9.17) is 11.6 Å². The summed E-state index contributed by atoms with van der Waals surface area (Å²) in [6.45, 7) is 0.954. The zero-order chi connectivity index (χ0) is 14.1. The van der Waals surface area contributed by atoms with E-state index < -0.39 is 4.92 Å². The quantitative estimate of drug-likeness (QED) is 0.669. The molecule has 0 bridgehead atoms. The Morgan fingerprint density at radius 2 is 2.25 bits per heavy atom. The lowest BCUT2D eigenvalue weighted by molar-refractivity contribution is -0.384. The standard InChI is InChI=1S/C13H12ClN3O2S/c14-9-5-4-8(7-11(9)17(18)19)12-16-10-3-1-2-6-15-13(10)20-12/h4-5,7,15H,1-3,6H2. The van der Waals surface area contributed by atoms with Gasteiger partial charge in [0.15, 0.2) is 0 Å².